The Hall–Kier alpha value is -2.79. The van der Waals surface area contributed by atoms with Crippen molar-refractivity contribution in [1.82, 2.24) is 4.90 Å². The number of carbonyl (C=O) groups is 1. The quantitative estimate of drug-likeness (QED) is 0.164. The third kappa shape index (κ3) is 6.43. The maximum absolute atomic E-state index is 11.9. The van der Waals surface area contributed by atoms with Gasteiger partial charge in [0.2, 0.25) is 0 Å². The summed E-state index contributed by atoms with van der Waals surface area (Å²) < 4.78 is 0. The van der Waals surface area contributed by atoms with Gasteiger partial charge in [-0.15, -0.1) is 0 Å². The Kier molecular flexibility index (Phi) is 7.94. The fourth-order valence-electron chi connectivity index (χ4n) is 2.98. The number of rotatable bonds is 11. The first-order valence-electron chi connectivity index (χ1n) is 9.40. The molecule has 0 amide bonds. The zero-order chi connectivity index (χ0) is 19.4. The Morgan fingerprint density at radius 1 is 0.714 bits per heavy atom. The van der Waals surface area contributed by atoms with Gasteiger partial charge in [-0.1, -0.05) is 91.0 Å². The van der Waals surface area contributed by atoms with Crippen molar-refractivity contribution in [3.8, 4) is 0 Å². The predicted octanol–water partition coefficient (Wildman–Crippen LogP) is 4.40. The summed E-state index contributed by atoms with van der Waals surface area (Å²) in [7, 11) is 0. The molecule has 4 heteroatoms. The molecule has 0 bridgehead atoms. The Morgan fingerprint density at radius 2 is 1.25 bits per heavy atom. The van der Waals surface area contributed by atoms with Crippen molar-refractivity contribution in [2.75, 3.05) is 6.73 Å². The fraction of sp³-hybridized carbons (Fsp3) is 0.208. The molecule has 3 rings (SSSR count). The zero-order valence-electron chi connectivity index (χ0n) is 15.8. The van der Waals surface area contributed by atoms with Gasteiger partial charge >= 0.3 is 0 Å². The number of nitrogens with zero attached hydrogens (tertiary/aromatic N) is 1. The van der Waals surface area contributed by atoms with E-state index in [0.717, 1.165) is 23.0 Å². The lowest BCUT2D eigenvalue weighted by molar-refractivity contribution is -0.326. The van der Waals surface area contributed by atoms with Crippen LogP contribution in [0.4, 0.5) is 0 Å². The van der Waals surface area contributed by atoms with Gasteiger partial charge in [-0.05, 0) is 23.1 Å². The number of aldehydes is 1. The van der Waals surface area contributed by atoms with E-state index >= 15 is 0 Å². The van der Waals surface area contributed by atoms with E-state index < -0.39 is 0 Å². The molecule has 0 heterocycles. The molecule has 1 unspecified atom stereocenters. The number of hydrogen-bond acceptors (Lipinski definition) is 4. The SMILES string of the molecule is O=CC(Cc1ccccc1)N(COOCc1ccccc1)Cc1ccccc1. The van der Waals surface area contributed by atoms with Crippen LogP contribution in [0.25, 0.3) is 0 Å². The van der Waals surface area contributed by atoms with Crippen LogP contribution in [-0.4, -0.2) is 24.0 Å². The molecule has 3 aromatic rings. The van der Waals surface area contributed by atoms with Crippen molar-refractivity contribution in [1.29, 1.82) is 0 Å². The minimum Gasteiger partial charge on any atom is -0.302 e. The highest BCUT2D eigenvalue weighted by Crippen LogP contribution is 2.13. The van der Waals surface area contributed by atoms with E-state index in [-0.39, 0.29) is 12.8 Å². The Bertz CT molecular complexity index is 809. The van der Waals surface area contributed by atoms with E-state index in [1.165, 1.54) is 0 Å². The first kappa shape index (κ1) is 20.0. The van der Waals surface area contributed by atoms with Crippen molar-refractivity contribution in [2.24, 2.45) is 0 Å². The summed E-state index contributed by atoms with van der Waals surface area (Å²) in [4.78, 5) is 24.7. The second-order valence-corrected chi connectivity index (χ2v) is 6.62. The molecule has 144 valence electrons. The summed E-state index contributed by atoms with van der Waals surface area (Å²) >= 11 is 0. The van der Waals surface area contributed by atoms with Gasteiger partial charge in [-0.3, -0.25) is 4.90 Å². The monoisotopic (exact) mass is 375 g/mol. The van der Waals surface area contributed by atoms with Crippen molar-refractivity contribution in [3.05, 3.63) is 108 Å². The molecule has 0 aromatic heterocycles. The minimum absolute atomic E-state index is 0.206. The Balaban J connectivity index is 1.62. The summed E-state index contributed by atoms with van der Waals surface area (Å²) in [6.45, 7) is 1.17. The lowest BCUT2D eigenvalue weighted by atomic mass is 10.1. The van der Waals surface area contributed by atoms with E-state index in [4.69, 9.17) is 9.78 Å². The van der Waals surface area contributed by atoms with E-state index in [0.29, 0.717) is 19.6 Å². The molecular formula is C24H25NO3. The molecule has 0 saturated heterocycles. The molecule has 1 atom stereocenters. The largest absolute Gasteiger partial charge is 0.302 e. The summed E-state index contributed by atoms with van der Waals surface area (Å²) in [5, 5.41) is 0. The highest BCUT2D eigenvalue weighted by atomic mass is 17.2. The van der Waals surface area contributed by atoms with Crippen LogP contribution in [-0.2, 0) is 34.1 Å². The van der Waals surface area contributed by atoms with Crippen LogP contribution in [0.5, 0.6) is 0 Å². The maximum atomic E-state index is 11.9. The van der Waals surface area contributed by atoms with Gasteiger partial charge in [0.05, 0.1) is 6.04 Å². The third-order valence-electron chi connectivity index (χ3n) is 4.51. The van der Waals surface area contributed by atoms with Crippen LogP contribution in [0.3, 0.4) is 0 Å². The van der Waals surface area contributed by atoms with Crippen LogP contribution in [0, 0.1) is 0 Å². The average molecular weight is 375 g/mol. The van der Waals surface area contributed by atoms with Crippen LogP contribution < -0.4 is 0 Å². The average Bonchev–Trinajstić information content (AvgIpc) is 2.76. The van der Waals surface area contributed by atoms with Crippen molar-refractivity contribution in [2.45, 2.75) is 25.6 Å². The highest BCUT2D eigenvalue weighted by molar-refractivity contribution is 5.58. The number of benzene rings is 3. The smallest absolute Gasteiger partial charge is 0.137 e. The van der Waals surface area contributed by atoms with E-state index in [1.807, 2.05) is 95.9 Å². The molecule has 0 aliphatic carbocycles. The van der Waals surface area contributed by atoms with Crippen LogP contribution in [0.15, 0.2) is 91.0 Å². The number of hydrogen-bond donors (Lipinski definition) is 0. The molecule has 0 spiro atoms. The first-order valence-corrected chi connectivity index (χ1v) is 9.40. The predicted molar refractivity (Wildman–Crippen MR) is 109 cm³/mol. The molecule has 0 N–H and O–H groups in total. The summed E-state index contributed by atoms with van der Waals surface area (Å²) in [6, 6.07) is 29.6. The molecule has 28 heavy (non-hydrogen) atoms. The molecular weight excluding hydrogens is 350 g/mol. The fourth-order valence-corrected chi connectivity index (χ4v) is 2.98. The molecule has 0 aliphatic rings. The lowest BCUT2D eigenvalue weighted by Gasteiger charge is -2.27. The van der Waals surface area contributed by atoms with Gasteiger partial charge in [0, 0.05) is 6.54 Å². The first-order chi connectivity index (χ1) is 13.8. The van der Waals surface area contributed by atoms with Crippen molar-refractivity contribution >= 4 is 6.29 Å². The summed E-state index contributed by atoms with van der Waals surface area (Å²) in [5.74, 6) is 0. The highest BCUT2D eigenvalue weighted by Gasteiger charge is 2.19. The normalized spacial score (nSPS) is 12.0. The van der Waals surface area contributed by atoms with Gasteiger partial charge in [0.1, 0.15) is 19.6 Å². The van der Waals surface area contributed by atoms with Crippen LogP contribution >= 0.6 is 0 Å². The summed E-state index contributed by atoms with van der Waals surface area (Å²) in [6.07, 6.45) is 1.61. The van der Waals surface area contributed by atoms with Crippen molar-refractivity contribution < 1.29 is 14.6 Å². The Labute approximate surface area is 166 Å². The van der Waals surface area contributed by atoms with E-state index in [1.54, 1.807) is 0 Å². The lowest BCUT2D eigenvalue weighted by Crippen LogP contribution is -2.39. The summed E-state index contributed by atoms with van der Waals surface area (Å²) in [5.41, 5.74) is 3.27. The minimum atomic E-state index is -0.303. The van der Waals surface area contributed by atoms with Gasteiger partial charge in [-0.2, -0.15) is 0 Å². The maximum Gasteiger partial charge on any atom is 0.137 e. The van der Waals surface area contributed by atoms with Crippen LogP contribution in [0.2, 0.25) is 0 Å². The van der Waals surface area contributed by atoms with Gasteiger partial charge in [0.15, 0.2) is 0 Å². The zero-order valence-corrected chi connectivity index (χ0v) is 15.8. The van der Waals surface area contributed by atoms with Crippen molar-refractivity contribution in [3.63, 3.8) is 0 Å². The molecule has 3 aromatic carbocycles. The molecule has 0 saturated carbocycles. The molecule has 0 radical (unpaired) electrons. The van der Waals surface area contributed by atoms with Gasteiger partial charge < -0.3 is 4.79 Å². The Morgan fingerprint density at radius 3 is 1.82 bits per heavy atom. The topological polar surface area (TPSA) is 38.8 Å². The number of carbonyl (C=O) groups excluding carboxylic acids is 1. The molecule has 0 aliphatic heterocycles. The second kappa shape index (κ2) is 11.1. The van der Waals surface area contributed by atoms with Gasteiger partial charge in [0.25, 0.3) is 0 Å². The third-order valence-corrected chi connectivity index (χ3v) is 4.51. The van der Waals surface area contributed by atoms with E-state index in [9.17, 15) is 4.79 Å². The second-order valence-electron chi connectivity index (χ2n) is 6.62. The van der Waals surface area contributed by atoms with E-state index in [2.05, 4.69) is 0 Å². The standard InChI is InChI=1S/C24H25NO3/c26-18-24(16-21-10-4-1-5-11-21)25(17-22-12-6-2-7-13-22)20-28-27-19-23-14-8-3-9-15-23/h1-15,18,24H,16-17,19-20H2. The molecule has 4 nitrogen and oxygen atoms in total. The van der Waals surface area contributed by atoms with Gasteiger partial charge in [-0.25, -0.2) is 9.78 Å². The van der Waals surface area contributed by atoms with Crippen LogP contribution in [0.1, 0.15) is 16.7 Å². The molecule has 0 fully saturated rings.